The molecule has 0 bridgehead atoms. The minimum absolute atomic E-state index is 0.112. The van der Waals surface area contributed by atoms with E-state index in [9.17, 15) is 8.42 Å². The Morgan fingerprint density at radius 3 is 2.89 bits per heavy atom. The lowest BCUT2D eigenvalue weighted by Crippen LogP contribution is -2.03. The molecule has 18 heavy (non-hydrogen) atoms. The maximum atomic E-state index is 11.4. The summed E-state index contributed by atoms with van der Waals surface area (Å²) in [5.74, 6) is 0.632. The molecule has 1 atom stereocenters. The van der Waals surface area contributed by atoms with Crippen molar-refractivity contribution in [1.82, 2.24) is 4.98 Å². The second-order valence-electron chi connectivity index (χ2n) is 4.50. The van der Waals surface area contributed by atoms with E-state index >= 15 is 0 Å². The molecule has 5 nitrogen and oxygen atoms in total. The number of rotatable bonds is 1. The second kappa shape index (κ2) is 3.96. The quantitative estimate of drug-likeness (QED) is 0.809. The van der Waals surface area contributed by atoms with Crippen molar-refractivity contribution in [3.63, 3.8) is 0 Å². The molecule has 1 aliphatic heterocycles. The van der Waals surface area contributed by atoms with Gasteiger partial charge in [0, 0.05) is 4.47 Å². The summed E-state index contributed by atoms with van der Waals surface area (Å²) >= 11 is 3.34. The highest BCUT2D eigenvalue weighted by Crippen LogP contribution is 2.33. The Morgan fingerprint density at radius 2 is 2.22 bits per heavy atom. The van der Waals surface area contributed by atoms with Gasteiger partial charge in [-0.2, -0.15) is 0 Å². The Balaban J connectivity index is 2.07. The molecule has 0 radical (unpaired) electrons. The van der Waals surface area contributed by atoms with Gasteiger partial charge in [0.05, 0.1) is 23.1 Å². The van der Waals surface area contributed by atoms with E-state index in [4.69, 9.17) is 10.2 Å². The van der Waals surface area contributed by atoms with E-state index in [1.807, 2.05) is 6.07 Å². The molecule has 0 saturated carbocycles. The summed E-state index contributed by atoms with van der Waals surface area (Å²) in [5.41, 5.74) is 7.52. The van der Waals surface area contributed by atoms with Crippen molar-refractivity contribution in [1.29, 1.82) is 0 Å². The van der Waals surface area contributed by atoms with Gasteiger partial charge < -0.3 is 10.2 Å². The van der Waals surface area contributed by atoms with Gasteiger partial charge in [0.15, 0.2) is 21.3 Å². The molecule has 1 saturated heterocycles. The largest absolute Gasteiger partial charge is 0.438 e. The van der Waals surface area contributed by atoms with Gasteiger partial charge >= 0.3 is 0 Å². The Kier molecular flexibility index (Phi) is 2.63. The van der Waals surface area contributed by atoms with E-state index in [2.05, 4.69) is 20.9 Å². The predicted molar refractivity (Wildman–Crippen MR) is 72.1 cm³/mol. The summed E-state index contributed by atoms with van der Waals surface area (Å²) in [6.45, 7) is 0. The average Bonchev–Trinajstić information content (AvgIpc) is 2.81. The first-order chi connectivity index (χ1) is 8.44. The van der Waals surface area contributed by atoms with Gasteiger partial charge in [-0.05, 0) is 18.6 Å². The zero-order valence-electron chi connectivity index (χ0n) is 9.39. The standard InChI is InChI=1S/C11H11BrN2O3S/c12-7-3-8(13)10-9(4-7)14-11(17-10)6-1-2-18(15,16)5-6/h3-4,6H,1-2,5,13H2. The predicted octanol–water partition coefficient (Wildman–Crippen LogP) is 2.07. The minimum atomic E-state index is -2.94. The molecule has 0 amide bonds. The number of hydrogen-bond donors (Lipinski definition) is 1. The van der Waals surface area contributed by atoms with Crippen LogP contribution in [-0.2, 0) is 9.84 Å². The van der Waals surface area contributed by atoms with Crippen molar-refractivity contribution >= 4 is 42.6 Å². The molecule has 2 aromatic rings. The van der Waals surface area contributed by atoms with E-state index in [0.717, 1.165) is 4.47 Å². The van der Waals surface area contributed by atoms with Crippen LogP contribution in [0.2, 0.25) is 0 Å². The highest BCUT2D eigenvalue weighted by atomic mass is 79.9. The lowest BCUT2D eigenvalue weighted by Gasteiger charge is -1.99. The summed E-state index contributed by atoms with van der Waals surface area (Å²) in [6.07, 6.45) is 0.566. The van der Waals surface area contributed by atoms with Gasteiger partial charge in [0.25, 0.3) is 0 Å². The number of nitrogens with zero attached hydrogens (tertiary/aromatic N) is 1. The molecule has 0 spiro atoms. The van der Waals surface area contributed by atoms with Crippen LogP contribution in [0.1, 0.15) is 18.2 Å². The number of hydrogen-bond acceptors (Lipinski definition) is 5. The molecule has 2 N–H and O–H groups in total. The summed E-state index contributed by atoms with van der Waals surface area (Å²) in [7, 11) is -2.94. The van der Waals surface area contributed by atoms with E-state index < -0.39 is 9.84 Å². The third-order valence-electron chi connectivity index (χ3n) is 3.08. The molecule has 1 aromatic heterocycles. The molecule has 2 heterocycles. The summed E-state index contributed by atoms with van der Waals surface area (Å²) in [5, 5.41) is 0. The molecule has 7 heteroatoms. The van der Waals surface area contributed by atoms with Crippen molar-refractivity contribution in [3.8, 4) is 0 Å². The number of nitrogen functional groups attached to an aromatic ring is 1. The number of fused-ring (bicyclic) bond motifs is 1. The average molecular weight is 331 g/mol. The maximum Gasteiger partial charge on any atom is 0.199 e. The van der Waals surface area contributed by atoms with E-state index in [-0.39, 0.29) is 17.4 Å². The van der Waals surface area contributed by atoms with Crippen LogP contribution in [-0.4, -0.2) is 24.9 Å². The topological polar surface area (TPSA) is 86.2 Å². The fraction of sp³-hybridized carbons (Fsp3) is 0.364. The van der Waals surface area contributed by atoms with Crippen molar-refractivity contribution in [2.45, 2.75) is 12.3 Å². The van der Waals surface area contributed by atoms with Gasteiger partial charge in [0.2, 0.25) is 0 Å². The second-order valence-corrected chi connectivity index (χ2v) is 7.64. The normalized spacial score (nSPS) is 22.6. The third kappa shape index (κ3) is 2.01. The fourth-order valence-corrected chi connectivity index (χ4v) is 4.40. The van der Waals surface area contributed by atoms with Crippen molar-refractivity contribution in [2.75, 3.05) is 17.2 Å². The smallest absolute Gasteiger partial charge is 0.199 e. The molecule has 1 aliphatic rings. The van der Waals surface area contributed by atoms with Crippen molar-refractivity contribution in [2.24, 2.45) is 0 Å². The van der Waals surface area contributed by atoms with Crippen LogP contribution in [0.5, 0.6) is 0 Å². The number of nitrogens with two attached hydrogens (primary N) is 1. The Bertz CT molecular complexity index is 723. The maximum absolute atomic E-state index is 11.4. The Morgan fingerprint density at radius 1 is 1.44 bits per heavy atom. The van der Waals surface area contributed by atoms with Gasteiger partial charge in [0.1, 0.15) is 5.52 Å². The number of benzene rings is 1. The van der Waals surface area contributed by atoms with Crippen LogP contribution in [0.3, 0.4) is 0 Å². The van der Waals surface area contributed by atoms with Crippen molar-refractivity contribution in [3.05, 3.63) is 22.5 Å². The summed E-state index contributed by atoms with van der Waals surface area (Å²) < 4.78 is 29.3. The zero-order chi connectivity index (χ0) is 12.9. The van der Waals surface area contributed by atoms with Crippen LogP contribution in [0.25, 0.3) is 11.1 Å². The van der Waals surface area contributed by atoms with E-state index in [1.54, 1.807) is 6.07 Å². The van der Waals surface area contributed by atoms with Crippen LogP contribution >= 0.6 is 15.9 Å². The first kappa shape index (κ1) is 12.0. The first-order valence-electron chi connectivity index (χ1n) is 5.50. The SMILES string of the molecule is Nc1cc(Br)cc2nc(C3CCS(=O)(=O)C3)oc12. The number of sulfone groups is 1. The summed E-state index contributed by atoms with van der Waals surface area (Å²) in [4.78, 5) is 4.34. The minimum Gasteiger partial charge on any atom is -0.438 e. The monoisotopic (exact) mass is 330 g/mol. The van der Waals surface area contributed by atoms with Crippen LogP contribution in [0.4, 0.5) is 5.69 Å². The van der Waals surface area contributed by atoms with Gasteiger partial charge in [-0.15, -0.1) is 0 Å². The number of halogens is 1. The molecule has 1 fully saturated rings. The highest BCUT2D eigenvalue weighted by molar-refractivity contribution is 9.10. The molecular formula is C11H11BrN2O3S. The highest BCUT2D eigenvalue weighted by Gasteiger charge is 2.32. The molecule has 1 aromatic carbocycles. The Labute approximate surface area is 112 Å². The zero-order valence-corrected chi connectivity index (χ0v) is 11.8. The Hall–Kier alpha value is -1.08. The third-order valence-corrected chi connectivity index (χ3v) is 5.31. The lowest BCUT2D eigenvalue weighted by molar-refractivity contribution is 0.489. The molecular weight excluding hydrogens is 320 g/mol. The van der Waals surface area contributed by atoms with E-state index in [0.29, 0.717) is 29.1 Å². The summed E-state index contributed by atoms with van der Waals surface area (Å²) in [6, 6.07) is 3.55. The van der Waals surface area contributed by atoms with Crippen LogP contribution in [0.15, 0.2) is 21.0 Å². The first-order valence-corrected chi connectivity index (χ1v) is 8.12. The lowest BCUT2D eigenvalue weighted by atomic mass is 10.1. The fourth-order valence-electron chi connectivity index (χ4n) is 2.20. The van der Waals surface area contributed by atoms with Gasteiger partial charge in [-0.3, -0.25) is 0 Å². The van der Waals surface area contributed by atoms with Crippen molar-refractivity contribution < 1.29 is 12.8 Å². The number of oxazole rings is 1. The van der Waals surface area contributed by atoms with Gasteiger partial charge in [-0.1, -0.05) is 15.9 Å². The number of aromatic nitrogens is 1. The molecule has 96 valence electrons. The molecule has 0 aliphatic carbocycles. The molecule has 3 rings (SSSR count). The number of anilines is 1. The molecule has 1 unspecified atom stereocenters. The van der Waals surface area contributed by atoms with E-state index in [1.165, 1.54) is 0 Å². The van der Waals surface area contributed by atoms with Crippen LogP contribution in [0, 0.1) is 0 Å². The van der Waals surface area contributed by atoms with Gasteiger partial charge in [-0.25, -0.2) is 13.4 Å². The van der Waals surface area contributed by atoms with Crippen LogP contribution < -0.4 is 5.73 Å².